The summed E-state index contributed by atoms with van der Waals surface area (Å²) in [4.78, 5) is 22.9. The van der Waals surface area contributed by atoms with E-state index in [-0.39, 0.29) is 30.2 Å². The Morgan fingerprint density at radius 2 is 1.88 bits per heavy atom. The second kappa shape index (κ2) is 9.33. The summed E-state index contributed by atoms with van der Waals surface area (Å²) in [5.41, 5.74) is 0. The molecule has 0 fully saturated rings. The molecule has 0 spiro atoms. The van der Waals surface area contributed by atoms with Crippen LogP contribution >= 0.6 is 0 Å². The van der Waals surface area contributed by atoms with Crippen LogP contribution in [0.2, 0.25) is 0 Å². The Bertz CT molecular complexity index is 661. The van der Waals surface area contributed by atoms with Gasteiger partial charge in [0.25, 0.3) is 5.91 Å². The zero-order valence-corrected chi connectivity index (χ0v) is 14.4. The highest BCUT2D eigenvalue weighted by Gasteiger charge is 2.17. The van der Waals surface area contributed by atoms with Gasteiger partial charge in [-0.2, -0.15) is 0 Å². The van der Waals surface area contributed by atoms with E-state index in [9.17, 15) is 22.4 Å². The monoisotopic (exact) mass is 360 g/mol. The SMILES string of the molecule is CCNC(=O)[C@@H](C)OC(=O)CCCNS(=O)(=O)c1ccc(F)cc1. The van der Waals surface area contributed by atoms with E-state index in [0.29, 0.717) is 6.54 Å². The number of carbonyl (C=O) groups excluding carboxylic acids is 2. The lowest BCUT2D eigenvalue weighted by molar-refractivity contribution is -0.154. The number of likely N-dealkylation sites (N-methyl/N-ethyl adjacent to an activating group) is 1. The van der Waals surface area contributed by atoms with E-state index in [1.807, 2.05) is 0 Å². The molecule has 0 saturated carbocycles. The van der Waals surface area contributed by atoms with Gasteiger partial charge in [0, 0.05) is 19.5 Å². The largest absolute Gasteiger partial charge is 0.453 e. The number of halogens is 1. The Balaban J connectivity index is 2.36. The molecule has 1 rings (SSSR count). The molecule has 0 aliphatic carbocycles. The molecule has 9 heteroatoms. The standard InChI is InChI=1S/C15H21FN2O5S/c1-3-17-15(20)11(2)23-14(19)5-4-10-18-24(21,22)13-8-6-12(16)7-9-13/h6-9,11,18H,3-5,10H2,1-2H3,(H,17,20)/t11-/m1/s1. The van der Waals surface area contributed by atoms with Crippen LogP contribution in [0.5, 0.6) is 0 Å². The lowest BCUT2D eigenvalue weighted by Crippen LogP contribution is -2.35. The van der Waals surface area contributed by atoms with Crippen molar-refractivity contribution in [2.45, 2.75) is 37.7 Å². The number of sulfonamides is 1. The first-order valence-electron chi connectivity index (χ1n) is 7.48. The number of nitrogens with one attached hydrogen (secondary N) is 2. The third kappa shape index (κ3) is 6.63. The number of esters is 1. The van der Waals surface area contributed by atoms with Gasteiger partial charge in [-0.1, -0.05) is 0 Å². The summed E-state index contributed by atoms with van der Waals surface area (Å²) in [5.74, 6) is -1.50. The quantitative estimate of drug-likeness (QED) is 0.504. The van der Waals surface area contributed by atoms with E-state index in [2.05, 4.69) is 10.0 Å². The fraction of sp³-hybridized carbons (Fsp3) is 0.467. The van der Waals surface area contributed by atoms with E-state index >= 15 is 0 Å². The summed E-state index contributed by atoms with van der Waals surface area (Å²) in [6, 6.07) is 4.41. The highest BCUT2D eigenvalue weighted by Crippen LogP contribution is 2.09. The summed E-state index contributed by atoms with van der Waals surface area (Å²) < 4.78 is 43.9. The molecule has 0 radical (unpaired) electrons. The molecular weight excluding hydrogens is 339 g/mol. The molecule has 7 nitrogen and oxygen atoms in total. The van der Waals surface area contributed by atoms with Gasteiger partial charge in [0.2, 0.25) is 10.0 Å². The number of ether oxygens (including phenoxy) is 1. The van der Waals surface area contributed by atoms with E-state index in [1.54, 1.807) is 6.92 Å². The van der Waals surface area contributed by atoms with Gasteiger partial charge in [-0.3, -0.25) is 9.59 Å². The summed E-state index contributed by atoms with van der Waals surface area (Å²) >= 11 is 0. The van der Waals surface area contributed by atoms with Crippen molar-refractivity contribution < 1.29 is 27.1 Å². The van der Waals surface area contributed by atoms with Gasteiger partial charge in [-0.15, -0.1) is 0 Å². The lowest BCUT2D eigenvalue weighted by atomic mass is 10.3. The van der Waals surface area contributed by atoms with Crippen LogP contribution in [0.4, 0.5) is 4.39 Å². The number of rotatable bonds is 9. The predicted octanol–water partition coefficient (Wildman–Crippen LogP) is 0.952. The first kappa shape index (κ1) is 20.0. The topological polar surface area (TPSA) is 102 Å². The zero-order valence-electron chi connectivity index (χ0n) is 13.5. The van der Waals surface area contributed by atoms with Crippen LogP contribution in [0, 0.1) is 5.82 Å². The molecular formula is C15H21FN2O5S. The summed E-state index contributed by atoms with van der Waals surface area (Å²) in [5, 5.41) is 2.53. The van der Waals surface area contributed by atoms with Crippen molar-refractivity contribution in [2.75, 3.05) is 13.1 Å². The molecule has 24 heavy (non-hydrogen) atoms. The Morgan fingerprint density at radius 3 is 2.46 bits per heavy atom. The van der Waals surface area contributed by atoms with Crippen molar-refractivity contribution in [1.82, 2.24) is 10.0 Å². The Labute approximate surface area is 140 Å². The van der Waals surface area contributed by atoms with E-state index in [4.69, 9.17) is 4.74 Å². The maximum absolute atomic E-state index is 12.8. The van der Waals surface area contributed by atoms with Gasteiger partial charge >= 0.3 is 5.97 Å². The number of amides is 1. The second-order valence-corrected chi connectivity index (χ2v) is 6.75. The molecule has 1 atom stereocenters. The number of carbonyl (C=O) groups is 2. The molecule has 2 N–H and O–H groups in total. The molecule has 0 aliphatic heterocycles. The average molecular weight is 360 g/mol. The molecule has 0 unspecified atom stereocenters. The van der Waals surface area contributed by atoms with Gasteiger partial charge in [-0.25, -0.2) is 17.5 Å². The molecule has 1 aromatic carbocycles. The van der Waals surface area contributed by atoms with E-state index in [0.717, 1.165) is 24.3 Å². The van der Waals surface area contributed by atoms with Crippen molar-refractivity contribution in [3.63, 3.8) is 0 Å². The molecule has 134 valence electrons. The normalized spacial score (nSPS) is 12.5. The maximum Gasteiger partial charge on any atom is 0.306 e. The minimum atomic E-state index is -3.75. The molecule has 0 aromatic heterocycles. The minimum absolute atomic E-state index is 0.0182. The fourth-order valence-electron chi connectivity index (χ4n) is 1.76. The van der Waals surface area contributed by atoms with Gasteiger partial charge in [0.15, 0.2) is 6.10 Å². The van der Waals surface area contributed by atoms with Gasteiger partial charge in [0.1, 0.15) is 5.82 Å². The highest BCUT2D eigenvalue weighted by atomic mass is 32.2. The van der Waals surface area contributed by atoms with Crippen LogP contribution in [0.1, 0.15) is 26.7 Å². The van der Waals surface area contributed by atoms with Crippen LogP contribution in [-0.4, -0.2) is 39.5 Å². The molecule has 0 saturated heterocycles. The van der Waals surface area contributed by atoms with Crippen LogP contribution in [0.15, 0.2) is 29.2 Å². The maximum atomic E-state index is 12.8. The van der Waals surface area contributed by atoms with E-state index in [1.165, 1.54) is 6.92 Å². The highest BCUT2D eigenvalue weighted by molar-refractivity contribution is 7.89. The summed E-state index contributed by atoms with van der Waals surface area (Å²) in [7, 11) is -3.75. The number of benzene rings is 1. The van der Waals surface area contributed by atoms with Crippen molar-refractivity contribution in [3.8, 4) is 0 Å². The van der Waals surface area contributed by atoms with Gasteiger partial charge in [-0.05, 0) is 44.5 Å². The van der Waals surface area contributed by atoms with Crippen LogP contribution < -0.4 is 10.0 Å². The Kier molecular flexibility index (Phi) is 7.80. The molecule has 0 bridgehead atoms. The predicted molar refractivity (Wildman–Crippen MR) is 85.1 cm³/mol. The summed E-state index contributed by atoms with van der Waals surface area (Å²) in [6.45, 7) is 3.66. The molecule has 1 amide bonds. The second-order valence-electron chi connectivity index (χ2n) is 4.98. The smallest absolute Gasteiger partial charge is 0.306 e. The third-order valence-corrected chi connectivity index (χ3v) is 4.48. The lowest BCUT2D eigenvalue weighted by Gasteiger charge is -2.12. The molecule has 0 aliphatic rings. The Morgan fingerprint density at radius 1 is 1.25 bits per heavy atom. The summed E-state index contributed by atoms with van der Waals surface area (Å²) in [6.07, 6.45) is -0.717. The number of hydrogen-bond acceptors (Lipinski definition) is 5. The van der Waals surface area contributed by atoms with Gasteiger partial charge < -0.3 is 10.1 Å². The average Bonchev–Trinajstić information content (AvgIpc) is 2.52. The van der Waals surface area contributed by atoms with Crippen molar-refractivity contribution >= 4 is 21.9 Å². The number of hydrogen-bond donors (Lipinski definition) is 2. The Hall–Kier alpha value is -2.00. The van der Waals surface area contributed by atoms with Crippen LogP contribution in [0.25, 0.3) is 0 Å². The van der Waals surface area contributed by atoms with Crippen molar-refractivity contribution in [1.29, 1.82) is 0 Å². The van der Waals surface area contributed by atoms with Crippen molar-refractivity contribution in [3.05, 3.63) is 30.1 Å². The first-order valence-corrected chi connectivity index (χ1v) is 8.97. The van der Waals surface area contributed by atoms with Gasteiger partial charge in [0.05, 0.1) is 4.90 Å². The third-order valence-electron chi connectivity index (χ3n) is 3.00. The van der Waals surface area contributed by atoms with Crippen LogP contribution in [-0.2, 0) is 24.3 Å². The zero-order chi connectivity index (χ0) is 18.2. The minimum Gasteiger partial charge on any atom is -0.453 e. The first-order chi connectivity index (χ1) is 11.3. The van der Waals surface area contributed by atoms with Crippen molar-refractivity contribution in [2.24, 2.45) is 0 Å². The molecule has 0 heterocycles. The van der Waals surface area contributed by atoms with E-state index < -0.39 is 27.9 Å². The van der Waals surface area contributed by atoms with Crippen LogP contribution in [0.3, 0.4) is 0 Å². The fourth-order valence-corrected chi connectivity index (χ4v) is 2.84. The molecule has 1 aromatic rings.